The molecule has 0 aromatic heterocycles. The molecule has 0 heterocycles. The first-order valence-electron chi connectivity index (χ1n) is 6.19. The molecule has 0 unspecified atom stereocenters. The van der Waals surface area contributed by atoms with E-state index >= 15 is 0 Å². The lowest BCUT2D eigenvalue weighted by Crippen LogP contribution is -2.27. The average Bonchev–Trinajstić information content (AvgIpc) is 2.46. The number of halogens is 1. The first-order valence-corrected chi connectivity index (χ1v) is 6.57. The number of amides is 1. The maximum Gasteiger partial charge on any atom is 0.270 e. The van der Waals surface area contributed by atoms with Gasteiger partial charge in [0.05, 0.1) is 15.5 Å². The van der Waals surface area contributed by atoms with Gasteiger partial charge in [-0.05, 0) is 24.6 Å². The van der Waals surface area contributed by atoms with Gasteiger partial charge < -0.3 is 4.90 Å². The van der Waals surface area contributed by atoms with E-state index in [1.165, 1.54) is 23.1 Å². The smallest absolute Gasteiger partial charge is 0.270 e. The van der Waals surface area contributed by atoms with E-state index in [9.17, 15) is 14.9 Å². The standard InChI is InChI=1S/C15H13ClN2O3/c1-10-5-3-4-6-14(10)17(2)15(19)12-8-7-11(18(20)21)9-13(12)16/h3-9H,1-2H3. The minimum absolute atomic E-state index is 0.0645. The number of anilines is 1. The van der Waals surface area contributed by atoms with Crippen LogP contribution in [0.4, 0.5) is 11.4 Å². The van der Waals surface area contributed by atoms with Gasteiger partial charge in [0.2, 0.25) is 0 Å². The summed E-state index contributed by atoms with van der Waals surface area (Å²) in [7, 11) is 1.64. The molecule has 5 nitrogen and oxygen atoms in total. The normalized spacial score (nSPS) is 10.2. The lowest BCUT2D eigenvalue weighted by atomic mass is 10.1. The number of nitrogens with zero attached hydrogens (tertiary/aromatic N) is 2. The quantitative estimate of drug-likeness (QED) is 0.639. The summed E-state index contributed by atoms with van der Waals surface area (Å²) >= 11 is 5.99. The van der Waals surface area contributed by atoms with Crippen LogP contribution < -0.4 is 4.90 Å². The van der Waals surface area contributed by atoms with E-state index in [0.29, 0.717) is 0 Å². The molecule has 2 aromatic carbocycles. The molecule has 0 saturated carbocycles. The molecule has 0 N–H and O–H groups in total. The molecular formula is C15H13ClN2O3. The van der Waals surface area contributed by atoms with Crippen molar-refractivity contribution in [3.63, 3.8) is 0 Å². The summed E-state index contributed by atoms with van der Waals surface area (Å²) < 4.78 is 0. The average molecular weight is 305 g/mol. The molecule has 21 heavy (non-hydrogen) atoms. The van der Waals surface area contributed by atoms with E-state index in [2.05, 4.69) is 0 Å². The van der Waals surface area contributed by atoms with Crippen LogP contribution in [-0.2, 0) is 0 Å². The highest BCUT2D eigenvalue weighted by molar-refractivity contribution is 6.34. The molecule has 0 saturated heterocycles. The summed E-state index contributed by atoms with van der Waals surface area (Å²) in [4.78, 5) is 24.1. The van der Waals surface area contributed by atoms with Gasteiger partial charge in [-0.2, -0.15) is 0 Å². The van der Waals surface area contributed by atoms with E-state index in [1.807, 2.05) is 31.2 Å². The topological polar surface area (TPSA) is 63.5 Å². The summed E-state index contributed by atoms with van der Waals surface area (Å²) in [6.07, 6.45) is 0. The summed E-state index contributed by atoms with van der Waals surface area (Å²) in [5.41, 5.74) is 1.80. The van der Waals surface area contributed by atoms with Crippen LogP contribution in [0, 0.1) is 17.0 Å². The lowest BCUT2D eigenvalue weighted by molar-refractivity contribution is -0.384. The summed E-state index contributed by atoms with van der Waals surface area (Å²) in [6, 6.07) is 11.3. The highest BCUT2D eigenvalue weighted by Crippen LogP contribution is 2.26. The molecule has 6 heteroatoms. The highest BCUT2D eigenvalue weighted by atomic mass is 35.5. The fraction of sp³-hybridized carbons (Fsp3) is 0.133. The third-order valence-corrected chi connectivity index (χ3v) is 3.49. The Morgan fingerprint density at radius 1 is 1.24 bits per heavy atom. The van der Waals surface area contributed by atoms with E-state index in [0.717, 1.165) is 11.3 Å². The Balaban J connectivity index is 2.36. The number of carbonyl (C=O) groups excluding carboxylic acids is 1. The molecule has 0 atom stereocenters. The van der Waals surface area contributed by atoms with E-state index in [1.54, 1.807) is 7.05 Å². The van der Waals surface area contributed by atoms with Gasteiger partial charge in [0.25, 0.3) is 11.6 Å². The zero-order chi connectivity index (χ0) is 15.6. The van der Waals surface area contributed by atoms with Crippen LogP contribution >= 0.6 is 11.6 Å². The number of rotatable bonds is 3. The summed E-state index contributed by atoms with van der Waals surface area (Å²) in [5.74, 6) is -0.316. The van der Waals surface area contributed by atoms with Crippen LogP contribution in [-0.4, -0.2) is 17.9 Å². The first kappa shape index (κ1) is 15.0. The molecule has 0 spiro atoms. The number of carbonyl (C=O) groups is 1. The van der Waals surface area contributed by atoms with Crippen LogP contribution in [0.1, 0.15) is 15.9 Å². The fourth-order valence-corrected chi connectivity index (χ4v) is 2.28. The Bertz CT molecular complexity index is 716. The molecule has 108 valence electrons. The molecule has 0 aliphatic rings. The Hall–Kier alpha value is -2.40. The number of nitro benzene ring substituents is 1. The third-order valence-electron chi connectivity index (χ3n) is 3.18. The predicted octanol–water partition coefficient (Wildman–Crippen LogP) is 3.83. The maximum atomic E-state index is 12.5. The second-order valence-electron chi connectivity index (χ2n) is 4.57. The molecular weight excluding hydrogens is 292 g/mol. The van der Waals surface area contributed by atoms with Crippen LogP contribution in [0.15, 0.2) is 42.5 Å². The van der Waals surface area contributed by atoms with Crippen LogP contribution in [0.2, 0.25) is 5.02 Å². The Morgan fingerprint density at radius 2 is 1.90 bits per heavy atom. The van der Waals surface area contributed by atoms with Crippen molar-refractivity contribution in [3.05, 3.63) is 68.7 Å². The number of non-ortho nitro benzene ring substituents is 1. The number of hydrogen-bond donors (Lipinski definition) is 0. The maximum absolute atomic E-state index is 12.5. The highest BCUT2D eigenvalue weighted by Gasteiger charge is 2.19. The van der Waals surface area contributed by atoms with Gasteiger partial charge in [-0.15, -0.1) is 0 Å². The van der Waals surface area contributed by atoms with E-state index < -0.39 is 4.92 Å². The SMILES string of the molecule is Cc1ccccc1N(C)C(=O)c1ccc([N+](=O)[O-])cc1Cl. The van der Waals surface area contributed by atoms with Gasteiger partial charge >= 0.3 is 0 Å². The molecule has 2 rings (SSSR count). The monoisotopic (exact) mass is 304 g/mol. The zero-order valence-electron chi connectivity index (χ0n) is 11.5. The predicted molar refractivity (Wildman–Crippen MR) is 82.0 cm³/mol. The minimum Gasteiger partial charge on any atom is -0.311 e. The number of benzene rings is 2. The minimum atomic E-state index is -0.550. The number of aryl methyl sites for hydroxylation is 1. The fourth-order valence-electron chi connectivity index (χ4n) is 2.02. The van der Waals surface area contributed by atoms with Gasteiger partial charge in [-0.25, -0.2) is 0 Å². The van der Waals surface area contributed by atoms with Crippen molar-refractivity contribution in [2.24, 2.45) is 0 Å². The number of hydrogen-bond acceptors (Lipinski definition) is 3. The van der Waals surface area contributed by atoms with Gasteiger partial charge in [0, 0.05) is 24.9 Å². The molecule has 0 aliphatic heterocycles. The molecule has 1 amide bonds. The Morgan fingerprint density at radius 3 is 2.48 bits per heavy atom. The van der Waals surface area contributed by atoms with E-state index in [-0.39, 0.29) is 22.2 Å². The third kappa shape index (κ3) is 3.03. The van der Waals surface area contributed by atoms with Gasteiger partial charge in [0.15, 0.2) is 0 Å². The number of para-hydroxylation sites is 1. The summed E-state index contributed by atoms with van der Waals surface area (Å²) in [6.45, 7) is 1.90. The Kier molecular flexibility index (Phi) is 4.23. The van der Waals surface area contributed by atoms with Crippen molar-refractivity contribution < 1.29 is 9.72 Å². The summed E-state index contributed by atoms with van der Waals surface area (Å²) in [5, 5.41) is 10.8. The molecule has 0 fully saturated rings. The van der Waals surface area contributed by atoms with Crippen molar-refractivity contribution in [2.75, 3.05) is 11.9 Å². The number of nitro groups is 1. The molecule has 0 aliphatic carbocycles. The lowest BCUT2D eigenvalue weighted by Gasteiger charge is -2.20. The van der Waals surface area contributed by atoms with Gasteiger partial charge in [-0.3, -0.25) is 14.9 Å². The van der Waals surface area contributed by atoms with Gasteiger partial charge in [0.1, 0.15) is 0 Å². The van der Waals surface area contributed by atoms with Crippen molar-refractivity contribution >= 4 is 28.9 Å². The van der Waals surface area contributed by atoms with E-state index in [4.69, 9.17) is 11.6 Å². The van der Waals surface area contributed by atoms with Crippen molar-refractivity contribution in [2.45, 2.75) is 6.92 Å². The largest absolute Gasteiger partial charge is 0.311 e. The van der Waals surface area contributed by atoms with Crippen LogP contribution in [0.3, 0.4) is 0 Å². The second kappa shape index (κ2) is 5.93. The van der Waals surface area contributed by atoms with Crippen LogP contribution in [0.25, 0.3) is 0 Å². The van der Waals surface area contributed by atoms with Crippen molar-refractivity contribution in [3.8, 4) is 0 Å². The second-order valence-corrected chi connectivity index (χ2v) is 4.98. The Labute approximate surface area is 126 Å². The molecule has 0 bridgehead atoms. The van der Waals surface area contributed by atoms with Crippen molar-refractivity contribution in [1.29, 1.82) is 0 Å². The zero-order valence-corrected chi connectivity index (χ0v) is 12.3. The molecule has 2 aromatic rings. The molecule has 0 radical (unpaired) electrons. The van der Waals surface area contributed by atoms with Gasteiger partial charge in [-0.1, -0.05) is 29.8 Å². The first-order chi connectivity index (χ1) is 9.91. The van der Waals surface area contributed by atoms with Crippen LogP contribution in [0.5, 0.6) is 0 Å². The van der Waals surface area contributed by atoms with Crippen molar-refractivity contribution in [1.82, 2.24) is 0 Å².